The molecule has 3 aromatic rings. The van der Waals surface area contributed by atoms with Crippen LogP contribution in [0.5, 0.6) is 0 Å². The molecule has 0 spiro atoms. The van der Waals surface area contributed by atoms with Gasteiger partial charge in [0, 0.05) is 6.20 Å². The molecule has 6 nitrogen and oxygen atoms in total. The number of nitrogens with two attached hydrogens (primary N) is 1. The molecule has 3 N–H and O–H groups in total. The Labute approximate surface area is 125 Å². The Kier molecular flexibility index (Phi) is 3.48. The highest BCUT2D eigenvalue weighted by Crippen LogP contribution is 2.22. The van der Waals surface area contributed by atoms with Gasteiger partial charge in [0.15, 0.2) is 0 Å². The van der Waals surface area contributed by atoms with Gasteiger partial charge in [-0.3, -0.25) is 14.5 Å². The van der Waals surface area contributed by atoms with Crippen LogP contribution in [0.3, 0.4) is 0 Å². The first-order valence-electron chi connectivity index (χ1n) is 6.59. The average Bonchev–Trinajstić information content (AvgIpc) is 2.99. The fourth-order valence-corrected chi connectivity index (χ4v) is 2.50. The first-order chi connectivity index (χ1) is 10.1. The third-order valence-corrected chi connectivity index (χ3v) is 3.70. The zero-order valence-corrected chi connectivity index (χ0v) is 12.1. The lowest BCUT2D eigenvalue weighted by Gasteiger charge is -2.16. The number of halogens is 1. The Hall–Kier alpha value is -2.18. The van der Waals surface area contributed by atoms with Gasteiger partial charge in [0.1, 0.15) is 5.82 Å². The number of aromatic nitrogens is 4. The van der Waals surface area contributed by atoms with Crippen molar-refractivity contribution in [2.45, 2.75) is 19.4 Å². The van der Waals surface area contributed by atoms with Gasteiger partial charge in [-0.05, 0) is 18.6 Å². The minimum atomic E-state index is -0.351. The predicted molar refractivity (Wildman–Crippen MR) is 81.7 cm³/mol. The molecule has 0 radical (unpaired) electrons. The summed E-state index contributed by atoms with van der Waals surface area (Å²) in [5.74, 6) is 0.499. The molecule has 2 aromatic heterocycles. The number of fused-ring (bicyclic) bond motifs is 1. The van der Waals surface area contributed by atoms with Crippen LogP contribution in [0.1, 0.15) is 25.2 Å². The average molecular weight is 304 g/mol. The minimum Gasteiger partial charge on any atom is -0.321 e. The van der Waals surface area contributed by atoms with E-state index in [0.717, 1.165) is 0 Å². The summed E-state index contributed by atoms with van der Waals surface area (Å²) in [4.78, 5) is 17.4. The van der Waals surface area contributed by atoms with Gasteiger partial charge in [-0.25, -0.2) is 4.98 Å². The number of hydrogen-bond acceptors (Lipinski definition) is 4. The van der Waals surface area contributed by atoms with Crippen LogP contribution in [0.4, 0.5) is 0 Å². The summed E-state index contributed by atoms with van der Waals surface area (Å²) in [7, 11) is 0. The molecular formula is C14H14ClN5O. The molecule has 0 aliphatic rings. The van der Waals surface area contributed by atoms with Crippen molar-refractivity contribution in [1.82, 2.24) is 19.7 Å². The molecule has 0 saturated heterocycles. The van der Waals surface area contributed by atoms with Crippen LogP contribution in [0.15, 0.2) is 35.4 Å². The van der Waals surface area contributed by atoms with E-state index in [9.17, 15) is 4.79 Å². The third-order valence-electron chi connectivity index (χ3n) is 3.39. The first kappa shape index (κ1) is 13.8. The predicted octanol–water partition coefficient (Wildman–Crippen LogP) is 2.17. The summed E-state index contributed by atoms with van der Waals surface area (Å²) in [6, 6.07) is 4.84. The van der Waals surface area contributed by atoms with E-state index in [1.165, 1.54) is 4.57 Å². The van der Waals surface area contributed by atoms with Crippen LogP contribution in [0, 0.1) is 0 Å². The van der Waals surface area contributed by atoms with E-state index in [-0.39, 0.29) is 11.6 Å². The summed E-state index contributed by atoms with van der Waals surface area (Å²) in [5, 5.41) is 7.33. The Morgan fingerprint density at radius 3 is 2.95 bits per heavy atom. The van der Waals surface area contributed by atoms with Crippen molar-refractivity contribution < 1.29 is 0 Å². The van der Waals surface area contributed by atoms with E-state index < -0.39 is 0 Å². The van der Waals surface area contributed by atoms with Crippen LogP contribution in [-0.4, -0.2) is 19.7 Å². The van der Waals surface area contributed by atoms with Crippen LogP contribution in [0.25, 0.3) is 16.6 Å². The largest absolute Gasteiger partial charge is 0.321 e. The van der Waals surface area contributed by atoms with Gasteiger partial charge in [0.05, 0.1) is 33.9 Å². The first-order valence-corrected chi connectivity index (χ1v) is 6.97. The summed E-state index contributed by atoms with van der Waals surface area (Å²) in [5.41, 5.74) is 7.01. The number of nitrogens with zero attached hydrogens (tertiary/aromatic N) is 3. The SMILES string of the molecule is CC[C@H](N)c1nc2cccc(Cl)c2c(=O)n1-c1cn[nH]c1. The Morgan fingerprint density at radius 1 is 1.48 bits per heavy atom. The van der Waals surface area contributed by atoms with Gasteiger partial charge >= 0.3 is 0 Å². The van der Waals surface area contributed by atoms with Crippen LogP contribution >= 0.6 is 11.6 Å². The molecule has 0 bridgehead atoms. The minimum absolute atomic E-state index is 0.245. The van der Waals surface area contributed by atoms with Gasteiger partial charge in [-0.1, -0.05) is 24.6 Å². The summed E-state index contributed by atoms with van der Waals surface area (Å²) in [6.45, 7) is 1.94. The fraction of sp³-hybridized carbons (Fsp3) is 0.214. The third kappa shape index (κ3) is 2.22. The maximum Gasteiger partial charge on any atom is 0.267 e. The molecule has 1 aromatic carbocycles. The lowest BCUT2D eigenvalue weighted by molar-refractivity contribution is 0.623. The monoisotopic (exact) mass is 303 g/mol. The molecular weight excluding hydrogens is 290 g/mol. The molecule has 0 aliphatic carbocycles. The van der Waals surface area contributed by atoms with Crippen molar-refractivity contribution in [2.24, 2.45) is 5.73 Å². The highest BCUT2D eigenvalue weighted by molar-refractivity contribution is 6.35. The summed E-state index contributed by atoms with van der Waals surface area (Å²) in [6.07, 6.45) is 3.84. The highest BCUT2D eigenvalue weighted by Gasteiger charge is 2.18. The molecule has 0 amide bonds. The smallest absolute Gasteiger partial charge is 0.267 e. The maximum atomic E-state index is 12.8. The number of benzene rings is 1. The van der Waals surface area contributed by atoms with Crippen molar-refractivity contribution in [3.05, 3.63) is 51.8 Å². The fourth-order valence-electron chi connectivity index (χ4n) is 2.25. The maximum absolute atomic E-state index is 12.8. The molecule has 21 heavy (non-hydrogen) atoms. The van der Waals surface area contributed by atoms with E-state index in [1.807, 2.05) is 6.92 Å². The number of H-pyrrole nitrogens is 1. The van der Waals surface area contributed by atoms with Crippen LogP contribution < -0.4 is 11.3 Å². The van der Waals surface area contributed by atoms with Gasteiger partial charge in [-0.2, -0.15) is 5.10 Å². The van der Waals surface area contributed by atoms with E-state index in [2.05, 4.69) is 15.2 Å². The Morgan fingerprint density at radius 2 is 2.29 bits per heavy atom. The molecule has 0 unspecified atom stereocenters. The van der Waals surface area contributed by atoms with Gasteiger partial charge in [-0.15, -0.1) is 0 Å². The quantitative estimate of drug-likeness (QED) is 0.776. The van der Waals surface area contributed by atoms with Crippen molar-refractivity contribution >= 4 is 22.5 Å². The van der Waals surface area contributed by atoms with E-state index in [4.69, 9.17) is 17.3 Å². The van der Waals surface area contributed by atoms with E-state index in [1.54, 1.807) is 30.6 Å². The number of hydrogen-bond donors (Lipinski definition) is 2. The lowest BCUT2D eigenvalue weighted by atomic mass is 10.2. The second-order valence-electron chi connectivity index (χ2n) is 4.72. The van der Waals surface area contributed by atoms with Gasteiger partial charge in [0.25, 0.3) is 5.56 Å². The molecule has 2 heterocycles. The van der Waals surface area contributed by atoms with Crippen LogP contribution in [-0.2, 0) is 0 Å². The summed E-state index contributed by atoms with van der Waals surface area (Å²) < 4.78 is 1.46. The molecule has 1 atom stereocenters. The van der Waals surface area contributed by atoms with Crippen molar-refractivity contribution in [2.75, 3.05) is 0 Å². The molecule has 7 heteroatoms. The topological polar surface area (TPSA) is 89.6 Å². The zero-order chi connectivity index (χ0) is 15.0. The van der Waals surface area contributed by atoms with Gasteiger partial charge < -0.3 is 5.73 Å². The second-order valence-corrected chi connectivity index (χ2v) is 5.12. The second kappa shape index (κ2) is 5.31. The summed E-state index contributed by atoms with van der Waals surface area (Å²) >= 11 is 6.15. The van der Waals surface area contributed by atoms with E-state index >= 15 is 0 Å². The molecule has 0 saturated carbocycles. The Bertz CT molecular complexity index is 840. The molecule has 0 aliphatic heterocycles. The molecule has 3 rings (SSSR count). The number of rotatable bonds is 3. The van der Waals surface area contributed by atoms with Crippen molar-refractivity contribution in [1.29, 1.82) is 0 Å². The van der Waals surface area contributed by atoms with Crippen molar-refractivity contribution in [3.63, 3.8) is 0 Å². The standard InChI is InChI=1S/C14H14ClN5O/c1-2-10(16)13-19-11-5-3-4-9(15)12(11)14(21)20(13)8-6-17-18-7-8/h3-7,10H,2,16H2,1H3,(H,17,18)/t10-/m0/s1. The number of aromatic amines is 1. The highest BCUT2D eigenvalue weighted by atomic mass is 35.5. The van der Waals surface area contributed by atoms with Crippen LogP contribution in [0.2, 0.25) is 5.02 Å². The molecule has 108 valence electrons. The van der Waals surface area contributed by atoms with Gasteiger partial charge in [0.2, 0.25) is 0 Å². The van der Waals surface area contributed by atoms with E-state index in [0.29, 0.717) is 33.9 Å². The van der Waals surface area contributed by atoms with Crippen molar-refractivity contribution in [3.8, 4) is 5.69 Å². The normalized spacial score (nSPS) is 12.7. The lowest BCUT2D eigenvalue weighted by Crippen LogP contribution is -2.28. The molecule has 0 fully saturated rings. The Balaban J connectivity index is 2.45. The number of nitrogens with one attached hydrogen (secondary N) is 1. The zero-order valence-electron chi connectivity index (χ0n) is 11.4.